The molecule has 0 saturated carbocycles. The minimum atomic E-state index is 0.682. The van der Waals surface area contributed by atoms with Crippen LogP contribution in [-0.2, 0) is 6.54 Å². The summed E-state index contributed by atoms with van der Waals surface area (Å²) in [6, 6.07) is 13.6. The van der Waals surface area contributed by atoms with Gasteiger partial charge >= 0.3 is 0 Å². The standard InChI is InChI=1S/C16H16N2S2/c1-2-7-14-12(5-1)17-16(20-14)11-18-9-3-6-13(18)15-8-4-10-19-15/h1-2,4-5,7-8,10,13H,3,6,9,11H2/p+1/t13-/m0/s1. The van der Waals surface area contributed by atoms with Crippen LogP contribution in [-0.4, -0.2) is 11.5 Å². The third-order valence-electron chi connectivity index (χ3n) is 4.09. The Hall–Kier alpha value is -1.23. The molecule has 1 aliphatic rings. The van der Waals surface area contributed by atoms with E-state index in [0.29, 0.717) is 6.04 Å². The lowest BCUT2D eigenvalue weighted by Gasteiger charge is -2.19. The van der Waals surface area contributed by atoms with E-state index in [9.17, 15) is 0 Å². The van der Waals surface area contributed by atoms with Gasteiger partial charge in [0.05, 0.1) is 21.6 Å². The zero-order valence-corrected chi connectivity index (χ0v) is 12.8. The first kappa shape index (κ1) is 12.5. The van der Waals surface area contributed by atoms with Crippen molar-refractivity contribution in [2.45, 2.75) is 25.4 Å². The van der Waals surface area contributed by atoms with Crippen LogP contribution in [0.3, 0.4) is 0 Å². The molecule has 1 aliphatic heterocycles. The highest BCUT2D eigenvalue weighted by atomic mass is 32.1. The van der Waals surface area contributed by atoms with Crippen LogP contribution in [0, 0.1) is 0 Å². The number of benzene rings is 1. The predicted octanol–water partition coefficient (Wildman–Crippen LogP) is 3.28. The van der Waals surface area contributed by atoms with Crippen molar-refractivity contribution in [2.75, 3.05) is 6.54 Å². The summed E-state index contributed by atoms with van der Waals surface area (Å²) < 4.78 is 1.31. The van der Waals surface area contributed by atoms with E-state index in [0.717, 1.165) is 12.1 Å². The van der Waals surface area contributed by atoms with Gasteiger partial charge in [-0.3, -0.25) is 0 Å². The molecule has 0 bridgehead atoms. The second kappa shape index (κ2) is 5.28. The summed E-state index contributed by atoms with van der Waals surface area (Å²) in [5.41, 5.74) is 1.15. The number of quaternary nitrogens is 1. The number of hydrogen-bond donors (Lipinski definition) is 1. The van der Waals surface area contributed by atoms with Gasteiger partial charge in [0.25, 0.3) is 0 Å². The lowest BCUT2D eigenvalue weighted by atomic mass is 10.2. The highest BCUT2D eigenvalue weighted by Crippen LogP contribution is 2.25. The van der Waals surface area contributed by atoms with E-state index in [1.807, 2.05) is 22.7 Å². The Morgan fingerprint density at radius 3 is 3.00 bits per heavy atom. The smallest absolute Gasteiger partial charge is 0.148 e. The number of nitrogens with one attached hydrogen (secondary N) is 1. The number of likely N-dealkylation sites (tertiary alicyclic amines) is 1. The SMILES string of the molecule is c1csc([C@@H]2CCC[NH+]2Cc2nc3ccccc3s2)c1. The van der Waals surface area contributed by atoms with E-state index >= 15 is 0 Å². The summed E-state index contributed by atoms with van der Waals surface area (Å²) in [6.07, 6.45) is 2.66. The third-order valence-corrected chi connectivity index (χ3v) is 6.11. The van der Waals surface area contributed by atoms with Crippen LogP contribution in [0.4, 0.5) is 0 Å². The molecule has 1 unspecified atom stereocenters. The quantitative estimate of drug-likeness (QED) is 0.786. The molecule has 0 aliphatic carbocycles. The fourth-order valence-corrected chi connectivity index (χ4v) is 5.09. The second-order valence-electron chi connectivity index (χ2n) is 5.37. The molecule has 3 aromatic rings. The highest BCUT2D eigenvalue weighted by molar-refractivity contribution is 7.18. The van der Waals surface area contributed by atoms with Crippen molar-refractivity contribution in [3.05, 3.63) is 51.7 Å². The summed E-state index contributed by atoms with van der Waals surface area (Å²) >= 11 is 3.76. The molecule has 0 spiro atoms. The average molecular weight is 301 g/mol. The van der Waals surface area contributed by atoms with Crippen LogP contribution < -0.4 is 4.90 Å². The molecule has 1 fully saturated rings. The van der Waals surface area contributed by atoms with E-state index in [1.165, 1.54) is 29.1 Å². The molecule has 3 heterocycles. The largest absolute Gasteiger partial charge is 0.322 e. The number of hydrogen-bond acceptors (Lipinski definition) is 3. The number of aromatic nitrogens is 1. The molecule has 4 heteroatoms. The van der Waals surface area contributed by atoms with Crippen LogP contribution in [0.1, 0.15) is 28.8 Å². The van der Waals surface area contributed by atoms with Crippen molar-refractivity contribution < 1.29 is 4.90 Å². The summed E-state index contributed by atoms with van der Waals surface area (Å²) in [5.74, 6) is 0. The molecule has 20 heavy (non-hydrogen) atoms. The maximum Gasteiger partial charge on any atom is 0.148 e. The summed E-state index contributed by atoms with van der Waals surface area (Å²) in [4.78, 5) is 8.02. The van der Waals surface area contributed by atoms with Gasteiger partial charge in [-0.2, -0.15) is 0 Å². The van der Waals surface area contributed by atoms with Gasteiger partial charge in [-0.05, 0) is 23.6 Å². The van der Waals surface area contributed by atoms with Gasteiger partial charge in [-0.1, -0.05) is 18.2 Å². The minimum Gasteiger partial charge on any atom is -0.322 e. The Kier molecular flexibility index (Phi) is 3.30. The first-order valence-corrected chi connectivity index (χ1v) is 8.82. The van der Waals surface area contributed by atoms with Gasteiger partial charge in [0.15, 0.2) is 0 Å². The van der Waals surface area contributed by atoms with Crippen LogP contribution in [0.15, 0.2) is 41.8 Å². The van der Waals surface area contributed by atoms with E-state index in [1.54, 1.807) is 9.78 Å². The van der Waals surface area contributed by atoms with E-state index in [4.69, 9.17) is 4.98 Å². The summed E-state index contributed by atoms with van der Waals surface area (Å²) in [6.45, 7) is 2.35. The number of thiophene rings is 1. The molecule has 2 nitrogen and oxygen atoms in total. The number of rotatable bonds is 3. The number of thiazole rings is 1. The molecule has 0 radical (unpaired) electrons. The Morgan fingerprint density at radius 2 is 2.15 bits per heavy atom. The van der Waals surface area contributed by atoms with Gasteiger partial charge in [0, 0.05) is 12.8 Å². The van der Waals surface area contributed by atoms with Crippen molar-refractivity contribution >= 4 is 32.9 Å². The van der Waals surface area contributed by atoms with Crippen LogP contribution in [0.5, 0.6) is 0 Å². The average Bonchev–Trinajstić information content (AvgIpc) is 3.18. The molecular weight excluding hydrogens is 284 g/mol. The molecule has 1 saturated heterocycles. The molecule has 0 amide bonds. The fraction of sp³-hybridized carbons (Fsp3) is 0.312. The summed E-state index contributed by atoms with van der Waals surface area (Å²) in [5, 5.41) is 3.48. The lowest BCUT2D eigenvalue weighted by Crippen LogP contribution is -3.08. The first-order valence-electron chi connectivity index (χ1n) is 7.12. The fourth-order valence-electron chi connectivity index (χ4n) is 3.15. The van der Waals surface area contributed by atoms with Crippen molar-refractivity contribution in [3.63, 3.8) is 0 Å². The van der Waals surface area contributed by atoms with E-state index in [2.05, 4.69) is 41.8 Å². The predicted molar refractivity (Wildman–Crippen MR) is 85.4 cm³/mol. The van der Waals surface area contributed by atoms with Gasteiger partial charge < -0.3 is 4.90 Å². The lowest BCUT2D eigenvalue weighted by molar-refractivity contribution is -0.931. The van der Waals surface area contributed by atoms with Crippen molar-refractivity contribution in [1.82, 2.24) is 4.98 Å². The molecule has 2 aromatic heterocycles. The van der Waals surface area contributed by atoms with Crippen LogP contribution in [0.2, 0.25) is 0 Å². The molecular formula is C16H17N2S2+. The Labute approximate surface area is 126 Å². The van der Waals surface area contributed by atoms with Gasteiger partial charge in [0.1, 0.15) is 17.6 Å². The van der Waals surface area contributed by atoms with Crippen molar-refractivity contribution in [1.29, 1.82) is 0 Å². The molecule has 1 N–H and O–H groups in total. The first-order chi connectivity index (χ1) is 9.90. The third kappa shape index (κ3) is 2.28. The molecule has 2 atom stereocenters. The zero-order valence-electron chi connectivity index (χ0n) is 11.2. The number of fused-ring (bicyclic) bond motifs is 1. The monoisotopic (exact) mass is 301 g/mol. The molecule has 102 valence electrons. The maximum atomic E-state index is 4.79. The van der Waals surface area contributed by atoms with E-state index in [-0.39, 0.29) is 0 Å². The van der Waals surface area contributed by atoms with Crippen LogP contribution in [0.25, 0.3) is 10.2 Å². The Morgan fingerprint density at radius 1 is 1.20 bits per heavy atom. The number of para-hydroxylation sites is 1. The maximum absolute atomic E-state index is 4.79. The molecule has 4 rings (SSSR count). The van der Waals surface area contributed by atoms with Crippen LogP contribution >= 0.6 is 22.7 Å². The topological polar surface area (TPSA) is 17.3 Å². The van der Waals surface area contributed by atoms with Gasteiger partial charge in [-0.25, -0.2) is 4.98 Å². The van der Waals surface area contributed by atoms with Crippen molar-refractivity contribution in [2.24, 2.45) is 0 Å². The van der Waals surface area contributed by atoms with E-state index < -0.39 is 0 Å². The Balaban J connectivity index is 1.58. The van der Waals surface area contributed by atoms with Crippen molar-refractivity contribution in [3.8, 4) is 0 Å². The highest BCUT2D eigenvalue weighted by Gasteiger charge is 2.31. The van der Waals surface area contributed by atoms with Gasteiger partial charge in [0.2, 0.25) is 0 Å². The zero-order chi connectivity index (χ0) is 13.4. The second-order valence-corrected chi connectivity index (χ2v) is 7.47. The van der Waals surface area contributed by atoms with Gasteiger partial charge in [-0.15, -0.1) is 22.7 Å². The minimum absolute atomic E-state index is 0.682. The molecule has 1 aromatic carbocycles. The Bertz CT molecular complexity index is 669. The number of nitrogens with zero attached hydrogens (tertiary/aromatic N) is 1. The summed E-state index contributed by atoms with van der Waals surface area (Å²) in [7, 11) is 0. The normalized spacial score (nSPS) is 22.6.